The van der Waals surface area contributed by atoms with E-state index in [1.165, 1.54) is 0 Å². The predicted molar refractivity (Wildman–Crippen MR) is 83.4 cm³/mol. The fourth-order valence-electron chi connectivity index (χ4n) is 2.32. The third-order valence-corrected chi connectivity index (χ3v) is 3.34. The molecule has 1 aliphatic rings. The summed E-state index contributed by atoms with van der Waals surface area (Å²) in [6.45, 7) is 7.49. The summed E-state index contributed by atoms with van der Waals surface area (Å²) in [6.07, 6.45) is 4.59. The summed E-state index contributed by atoms with van der Waals surface area (Å²) in [5.74, 6) is 0.912. The van der Waals surface area contributed by atoms with Crippen LogP contribution in [0.15, 0.2) is 17.4 Å². The largest absolute Gasteiger partial charge is 0.357 e. The third kappa shape index (κ3) is 3.74. The van der Waals surface area contributed by atoms with Gasteiger partial charge in [-0.1, -0.05) is 6.92 Å². The monoisotopic (exact) mass is 292 g/mol. The van der Waals surface area contributed by atoms with Crippen LogP contribution < -0.4 is 10.2 Å². The summed E-state index contributed by atoms with van der Waals surface area (Å²) in [6, 6.07) is 0. The summed E-state index contributed by atoms with van der Waals surface area (Å²) >= 11 is 0. The van der Waals surface area contributed by atoms with Gasteiger partial charge in [0.2, 0.25) is 5.91 Å². The van der Waals surface area contributed by atoms with Crippen LogP contribution in [-0.2, 0) is 11.8 Å². The van der Waals surface area contributed by atoms with E-state index in [4.69, 9.17) is 0 Å². The number of hydrogen-bond donors (Lipinski definition) is 1. The van der Waals surface area contributed by atoms with Crippen LogP contribution in [0.4, 0.5) is 5.69 Å². The fourth-order valence-corrected chi connectivity index (χ4v) is 2.32. The minimum atomic E-state index is 0.0800. The molecule has 2 rings (SSSR count). The molecule has 1 saturated heterocycles. The van der Waals surface area contributed by atoms with Gasteiger partial charge in [0, 0.05) is 39.4 Å². The molecule has 0 atom stereocenters. The number of rotatable bonds is 4. The van der Waals surface area contributed by atoms with E-state index in [1.54, 1.807) is 15.8 Å². The van der Waals surface area contributed by atoms with Crippen LogP contribution in [0.1, 0.15) is 20.3 Å². The molecule has 1 aromatic rings. The van der Waals surface area contributed by atoms with Crippen molar-refractivity contribution in [3.8, 4) is 0 Å². The Morgan fingerprint density at radius 2 is 2.24 bits per heavy atom. The maximum Gasteiger partial charge on any atom is 0.246 e. The molecule has 21 heavy (non-hydrogen) atoms. The number of amides is 1. The van der Waals surface area contributed by atoms with Crippen LogP contribution >= 0.6 is 0 Å². The SMILES string of the molecule is CCCN=C(NCC)N1CCN(c2cnn(C)c2)C(=O)C1. The van der Waals surface area contributed by atoms with E-state index in [2.05, 4.69) is 22.3 Å². The highest BCUT2D eigenvalue weighted by molar-refractivity contribution is 5.98. The Bertz CT molecular complexity index is 509. The van der Waals surface area contributed by atoms with Gasteiger partial charge in [0.1, 0.15) is 6.54 Å². The first-order valence-electron chi connectivity index (χ1n) is 7.48. The lowest BCUT2D eigenvalue weighted by molar-refractivity contribution is -0.120. The lowest BCUT2D eigenvalue weighted by Crippen LogP contribution is -2.55. The maximum atomic E-state index is 12.4. The van der Waals surface area contributed by atoms with Crippen molar-refractivity contribution in [2.24, 2.45) is 12.0 Å². The van der Waals surface area contributed by atoms with E-state index in [-0.39, 0.29) is 5.91 Å². The number of carbonyl (C=O) groups excluding carboxylic acids is 1. The zero-order chi connectivity index (χ0) is 15.2. The Balaban J connectivity index is 2.03. The Labute approximate surface area is 125 Å². The summed E-state index contributed by atoms with van der Waals surface area (Å²) in [5.41, 5.74) is 0.859. The van der Waals surface area contributed by atoms with Crippen LogP contribution in [0.3, 0.4) is 0 Å². The number of aromatic nitrogens is 2. The minimum absolute atomic E-state index is 0.0800. The molecule has 116 valence electrons. The van der Waals surface area contributed by atoms with E-state index in [9.17, 15) is 4.79 Å². The lowest BCUT2D eigenvalue weighted by atomic mass is 10.3. The highest BCUT2D eigenvalue weighted by Gasteiger charge is 2.27. The Morgan fingerprint density at radius 3 is 2.81 bits per heavy atom. The molecule has 0 bridgehead atoms. The number of carbonyl (C=O) groups is 1. The van der Waals surface area contributed by atoms with Crippen molar-refractivity contribution in [1.82, 2.24) is 20.0 Å². The van der Waals surface area contributed by atoms with E-state index in [1.807, 2.05) is 25.1 Å². The standard InChI is InChI=1S/C14H24N6O/c1-4-6-16-14(15-5-2)19-7-8-20(13(21)11-19)12-9-17-18(3)10-12/h9-10H,4-8,11H2,1-3H3,(H,15,16). The molecule has 1 N–H and O–H groups in total. The number of piperazine rings is 1. The van der Waals surface area contributed by atoms with Crippen LogP contribution in [-0.4, -0.2) is 59.3 Å². The summed E-state index contributed by atoms with van der Waals surface area (Å²) in [7, 11) is 1.85. The number of nitrogens with zero attached hydrogens (tertiary/aromatic N) is 5. The summed E-state index contributed by atoms with van der Waals surface area (Å²) in [5, 5.41) is 7.38. The Morgan fingerprint density at radius 1 is 1.43 bits per heavy atom. The van der Waals surface area contributed by atoms with E-state index in [0.717, 1.165) is 37.7 Å². The van der Waals surface area contributed by atoms with Crippen molar-refractivity contribution in [3.05, 3.63) is 12.4 Å². The summed E-state index contributed by atoms with van der Waals surface area (Å²) in [4.78, 5) is 20.7. The zero-order valence-corrected chi connectivity index (χ0v) is 13.0. The third-order valence-electron chi connectivity index (χ3n) is 3.34. The molecule has 1 fully saturated rings. The molecule has 2 heterocycles. The van der Waals surface area contributed by atoms with Crippen molar-refractivity contribution in [3.63, 3.8) is 0 Å². The predicted octanol–water partition coefficient (Wildman–Crippen LogP) is 0.444. The van der Waals surface area contributed by atoms with Crippen LogP contribution in [0, 0.1) is 0 Å². The van der Waals surface area contributed by atoms with Gasteiger partial charge in [0.25, 0.3) is 0 Å². The molecule has 0 radical (unpaired) electrons. The number of aryl methyl sites for hydroxylation is 1. The number of nitrogens with one attached hydrogen (secondary N) is 1. The van der Waals surface area contributed by atoms with Gasteiger partial charge < -0.3 is 15.1 Å². The molecule has 1 aromatic heterocycles. The lowest BCUT2D eigenvalue weighted by Gasteiger charge is -2.35. The first kappa shape index (κ1) is 15.3. The van der Waals surface area contributed by atoms with Crippen molar-refractivity contribution < 1.29 is 4.79 Å². The quantitative estimate of drug-likeness (QED) is 0.646. The molecule has 0 aromatic carbocycles. The van der Waals surface area contributed by atoms with Crippen LogP contribution in [0.2, 0.25) is 0 Å². The maximum absolute atomic E-state index is 12.4. The van der Waals surface area contributed by atoms with Crippen LogP contribution in [0.5, 0.6) is 0 Å². The van der Waals surface area contributed by atoms with Gasteiger partial charge in [-0.05, 0) is 13.3 Å². The number of aliphatic imine (C=N–C) groups is 1. The highest BCUT2D eigenvalue weighted by Crippen LogP contribution is 2.16. The molecule has 1 amide bonds. The topological polar surface area (TPSA) is 65.8 Å². The number of guanidine groups is 1. The van der Waals surface area contributed by atoms with Crippen molar-refractivity contribution in [2.75, 3.05) is 37.6 Å². The smallest absolute Gasteiger partial charge is 0.246 e. The molecule has 1 aliphatic heterocycles. The van der Waals surface area contributed by atoms with E-state index in [0.29, 0.717) is 13.1 Å². The molecule has 0 saturated carbocycles. The average molecular weight is 292 g/mol. The van der Waals surface area contributed by atoms with Crippen molar-refractivity contribution >= 4 is 17.6 Å². The summed E-state index contributed by atoms with van der Waals surface area (Å²) < 4.78 is 1.71. The van der Waals surface area contributed by atoms with Gasteiger partial charge in [0.15, 0.2) is 5.96 Å². The molecular formula is C14H24N6O. The average Bonchev–Trinajstić information content (AvgIpc) is 2.89. The second-order valence-electron chi connectivity index (χ2n) is 5.07. The van der Waals surface area contributed by atoms with Gasteiger partial charge in [-0.3, -0.25) is 14.5 Å². The van der Waals surface area contributed by atoms with Crippen LogP contribution in [0.25, 0.3) is 0 Å². The van der Waals surface area contributed by atoms with E-state index >= 15 is 0 Å². The zero-order valence-electron chi connectivity index (χ0n) is 13.0. The molecule has 7 nitrogen and oxygen atoms in total. The molecule has 0 aliphatic carbocycles. The molecule has 7 heteroatoms. The number of hydrogen-bond acceptors (Lipinski definition) is 3. The normalized spacial score (nSPS) is 16.5. The molecule has 0 spiro atoms. The van der Waals surface area contributed by atoms with Gasteiger partial charge in [-0.15, -0.1) is 0 Å². The first-order valence-corrected chi connectivity index (χ1v) is 7.48. The van der Waals surface area contributed by atoms with Gasteiger partial charge in [0.05, 0.1) is 11.9 Å². The Kier molecular flexibility index (Phi) is 5.19. The Hall–Kier alpha value is -2.05. The van der Waals surface area contributed by atoms with Gasteiger partial charge >= 0.3 is 0 Å². The minimum Gasteiger partial charge on any atom is -0.357 e. The second-order valence-corrected chi connectivity index (χ2v) is 5.07. The van der Waals surface area contributed by atoms with Crippen molar-refractivity contribution in [1.29, 1.82) is 0 Å². The second kappa shape index (κ2) is 7.10. The van der Waals surface area contributed by atoms with Crippen molar-refractivity contribution in [2.45, 2.75) is 20.3 Å². The van der Waals surface area contributed by atoms with E-state index < -0.39 is 0 Å². The molecular weight excluding hydrogens is 268 g/mol. The molecule has 0 unspecified atom stereocenters. The first-order chi connectivity index (χ1) is 10.2. The van der Waals surface area contributed by atoms with Gasteiger partial charge in [-0.25, -0.2) is 0 Å². The van der Waals surface area contributed by atoms with Gasteiger partial charge in [-0.2, -0.15) is 5.10 Å². The number of anilines is 1. The fraction of sp³-hybridized carbons (Fsp3) is 0.643. The highest BCUT2D eigenvalue weighted by atomic mass is 16.2.